The summed E-state index contributed by atoms with van der Waals surface area (Å²) in [5, 5.41) is 9.21. The fourth-order valence-electron chi connectivity index (χ4n) is 2.72. The van der Waals surface area contributed by atoms with E-state index in [1.165, 1.54) is 24.8 Å². The number of benzene rings is 2. The Bertz CT molecular complexity index is 1020. The molecule has 29 heavy (non-hydrogen) atoms. The molecule has 0 aliphatic carbocycles. The van der Waals surface area contributed by atoms with Crippen molar-refractivity contribution in [2.45, 2.75) is 31.1 Å². The molecule has 0 bridgehead atoms. The van der Waals surface area contributed by atoms with Crippen LogP contribution >= 0.6 is 23.4 Å². The second-order valence-corrected chi connectivity index (χ2v) is 7.79. The molecule has 0 aliphatic rings. The van der Waals surface area contributed by atoms with Gasteiger partial charge in [-0.15, -0.1) is 10.2 Å². The molecule has 152 valence electrons. The van der Waals surface area contributed by atoms with E-state index in [1.54, 1.807) is 34.9 Å². The van der Waals surface area contributed by atoms with Crippen molar-refractivity contribution in [3.63, 3.8) is 0 Å². The number of aromatic nitrogens is 3. The average molecular weight is 440 g/mol. The zero-order valence-electron chi connectivity index (χ0n) is 15.4. The summed E-state index contributed by atoms with van der Waals surface area (Å²) in [7, 11) is 0. The van der Waals surface area contributed by atoms with Crippen LogP contribution in [-0.4, -0.2) is 26.3 Å². The Kier molecular flexibility index (Phi) is 6.64. The molecule has 0 aliphatic heterocycles. The van der Waals surface area contributed by atoms with Crippen molar-refractivity contribution in [3.05, 3.63) is 59.1 Å². The number of thioether (sulfide) groups is 1. The number of Topliss-reactive ketones (excluding diaryl/α,β-unsaturated/α-hetero) is 1. The van der Waals surface area contributed by atoms with E-state index < -0.39 is 11.7 Å². The molecule has 3 aromatic rings. The highest BCUT2D eigenvalue weighted by Crippen LogP contribution is 2.35. The molecule has 1 heterocycles. The number of nitrogens with zero attached hydrogens (tertiary/aromatic N) is 3. The first kappa shape index (κ1) is 21.4. The number of hydrogen-bond donors (Lipinski definition) is 0. The summed E-state index contributed by atoms with van der Waals surface area (Å²) in [6.07, 6.45) is -3.40. The first-order chi connectivity index (χ1) is 13.8. The predicted octanol–water partition coefficient (Wildman–Crippen LogP) is 6.07. The SMILES string of the molecule is CC(=O)CCCSc1nnc(-c2ccccc2Cl)n1-c1cccc(C(F)(F)F)c1. The van der Waals surface area contributed by atoms with E-state index in [0.29, 0.717) is 40.2 Å². The van der Waals surface area contributed by atoms with Gasteiger partial charge in [0, 0.05) is 17.7 Å². The van der Waals surface area contributed by atoms with Crippen LogP contribution < -0.4 is 0 Å². The van der Waals surface area contributed by atoms with Crippen LogP contribution in [0.4, 0.5) is 13.2 Å². The second-order valence-electron chi connectivity index (χ2n) is 6.32. The highest BCUT2D eigenvalue weighted by molar-refractivity contribution is 7.99. The third-order valence-corrected chi connectivity index (χ3v) is 5.43. The number of hydrogen-bond acceptors (Lipinski definition) is 4. The number of ketones is 1. The van der Waals surface area contributed by atoms with Gasteiger partial charge < -0.3 is 4.79 Å². The van der Waals surface area contributed by atoms with E-state index in [1.807, 2.05) is 0 Å². The monoisotopic (exact) mass is 439 g/mol. The van der Waals surface area contributed by atoms with E-state index in [9.17, 15) is 18.0 Å². The summed E-state index contributed by atoms with van der Waals surface area (Å²) < 4.78 is 41.2. The Morgan fingerprint density at radius 3 is 2.59 bits per heavy atom. The summed E-state index contributed by atoms with van der Waals surface area (Å²) in [5.74, 6) is 1.02. The van der Waals surface area contributed by atoms with Gasteiger partial charge in [-0.25, -0.2) is 0 Å². The van der Waals surface area contributed by atoms with Crippen molar-refractivity contribution in [3.8, 4) is 17.1 Å². The Morgan fingerprint density at radius 2 is 1.90 bits per heavy atom. The molecule has 2 aromatic carbocycles. The van der Waals surface area contributed by atoms with E-state index in [0.717, 1.165) is 12.1 Å². The van der Waals surface area contributed by atoms with Crippen molar-refractivity contribution in [1.29, 1.82) is 0 Å². The maximum Gasteiger partial charge on any atom is 0.416 e. The summed E-state index contributed by atoms with van der Waals surface area (Å²) >= 11 is 7.62. The summed E-state index contributed by atoms with van der Waals surface area (Å²) in [6.45, 7) is 1.52. The average Bonchev–Trinajstić information content (AvgIpc) is 3.08. The van der Waals surface area contributed by atoms with Crippen LogP contribution in [0.3, 0.4) is 0 Å². The van der Waals surface area contributed by atoms with Crippen LogP contribution in [-0.2, 0) is 11.0 Å². The fraction of sp³-hybridized carbons (Fsp3) is 0.250. The van der Waals surface area contributed by atoms with Crippen LogP contribution in [0.5, 0.6) is 0 Å². The molecule has 9 heteroatoms. The molecule has 4 nitrogen and oxygen atoms in total. The van der Waals surface area contributed by atoms with Crippen molar-refractivity contribution in [2.75, 3.05) is 5.75 Å². The topological polar surface area (TPSA) is 47.8 Å². The molecule has 3 rings (SSSR count). The minimum atomic E-state index is -4.47. The van der Waals surface area contributed by atoms with Crippen molar-refractivity contribution < 1.29 is 18.0 Å². The zero-order chi connectivity index (χ0) is 21.0. The lowest BCUT2D eigenvalue weighted by Gasteiger charge is -2.13. The molecule has 0 atom stereocenters. The second kappa shape index (κ2) is 9.00. The Hall–Kier alpha value is -2.32. The molecule has 0 N–H and O–H groups in total. The molecule has 0 fully saturated rings. The highest BCUT2D eigenvalue weighted by Gasteiger charge is 2.31. The molecule has 0 amide bonds. The predicted molar refractivity (Wildman–Crippen MR) is 107 cm³/mol. The number of rotatable bonds is 7. The quantitative estimate of drug-likeness (QED) is 0.331. The van der Waals surface area contributed by atoms with Gasteiger partial charge in [0.2, 0.25) is 0 Å². The van der Waals surface area contributed by atoms with E-state index >= 15 is 0 Å². The van der Waals surface area contributed by atoms with Crippen LogP contribution in [0.15, 0.2) is 53.7 Å². The Labute approximate surface area is 175 Å². The number of carbonyl (C=O) groups excluding carboxylic acids is 1. The third kappa shape index (κ3) is 5.19. The molecule has 0 unspecified atom stereocenters. The van der Waals surface area contributed by atoms with E-state index in [2.05, 4.69) is 10.2 Å². The molecule has 0 saturated heterocycles. The number of carbonyl (C=O) groups is 1. The fourth-order valence-corrected chi connectivity index (χ4v) is 3.83. The van der Waals surface area contributed by atoms with Gasteiger partial charge in [0.15, 0.2) is 11.0 Å². The van der Waals surface area contributed by atoms with Crippen molar-refractivity contribution >= 4 is 29.1 Å². The lowest BCUT2D eigenvalue weighted by Crippen LogP contribution is -2.07. The molecular formula is C20H17ClF3N3OS. The summed E-state index contributed by atoms with van der Waals surface area (Å²) in [6, 6.07) is 11.9. The van der Waals surface area contributed by atoms with Gasteiger partial charge in [0.25, 0.3) is 0 Å². The largest absolute Gasteiger partial charge is 0.416 e. The van der Waals surface area contributed by atoms with Gasteiger partial charge in [-0.05, 0) is 43.7 Å². The Morgan fingerprint density at radius 1 is 1.14 bits per heavy atom. The van der Waals surface area contributed by atoms with Gasteiger partial charge in [-0.3, -0.25) is 4.57 Å². The lowest BCUT2D eigenvalue weighted by atomic mass is 10.1. The normalized spacial score (nSPS) is 11.6. The molecule has 1 aromatic heterocycles. The molecule has 0 radical (unpaired) electrons. The number of halogens is 4. The third-order valence-electron chi connectivity index (χ3n) is 4.08. The van der Waals surface area contributed by atoms with Gasteiger partial charge in [0.05, 0.1) is 16.3 Å². The van der Waals surface area contributed by atoms with Crippen molar-refractivity contribution in [1.82, 2.24) is 14.8 Å². The van der Waals surface area contributed by atoms with Crippen molar-refractivity contribution in [2.24, 2.45) is 0 Å². The standard InChI is InChI=1S/C20H17ClF3N3OS/c1-13(28)6-5-11-29-19-26-25-18(16-9-2-3-10-17(16)21)27(19)15-8-4-7-14(12-15)20(22,23)24/h2-4,7-10,12H,5-6,11H2,1H3. The zero-order valence-corrected chi connectivity index (χ0v) is 17.0. The van der Waals surface area contributed by atoms with Gasteiger partial charge in [-0.1, -0.05) is 41.6 Å². The first-order valence-corrected chi connectivity index (χ1v) is 10.1. The smallest absolute Gasteiger partial charge is 0.300 e. The van der Waals surface area contributed by atoms with Crippen LogP contribution in [0.25, 0.3) is 17.1 Å². The minimum Gasteiger partial charge on any atom is -0.300 e. The molecule has 0 spiro atoms. The minimum absolute atomic E-state index is 0.0849. The van der Waals surface area contributed by atoms with E-state index in [4.69, 9.17) is 11.6 Å². The van der Waals surface area contributed by atoms with Gasteiger partial charge in [-0.2, -0.15) is 13.2 Å². The molecular weight excluding hydrogens is 423 g/mol. The van der Waals surface area contributed by atoms with Gasteiger partial charge >= 0.3 is 6.18 Å². The summed E-state index contributed by atoms with van der Waals surface area (Å²) in [4.78, 5) is 11.1. The van der Waals surface area contributed by atoms with E-state index in [-0.39, 0.29) is 11.5 Å². The Balaban J connectivity index is 2.05. The maximum atomic E-state index is 13.2. The summed E-state index contributed by atoms with van der Waals surface area (Å²) in [5.41, 5.74) is 0.0878. The maximum absolute atomic E-state index is 13.2. The van der Waals surface area contributed by atoms with Gasteiger partial charge in [0.1, 0.15) is 5.78 Å². The molecule has 0 saturated carbocycles. The van der Waals surface area contributed by atoms with Crippen LogP contribution in [0, 0.1) is 0 Å². The highest BCUT2D eigenvalue weighted by atomic mass is 35.5. The van der Waals surface area contributed by atoms with Crippen LogP contribution in [0.2, 0.25) is 5.02 Å². The number of alkyl halides is 3. The van der Waals surface area contributed by atoms with Crippen LogP contribution in [0.1, 0.15) is 25.3 Å². The first-order valence-electron chi connectivity index (χ1n) is 8.77. The lowest BCUT2D eigenvalue weighted by molar-refractivity contribution is -0.137.